The van der Waals surface area contributed by atoms with E-state index in [9.17, 15) is 19.5 Å². The van der Waals surface area contributed by atoms with Crippen molar-refractivity contribution in [3.05, 3.63) is 0 Å². The van der Waals surface area contributed by atoms with Crippen molar-refractivity contribution in [2.75, 3.05) is 6.61 Å². The van der Waals surface area contributed by atoms with E-state index in [1.54, 1.807) is 6.92 Å². The molecule has 0 bridgehead atoms. The fourth-order valence-electron chi connectivity index (χ4n) is 7.53. The van der Waals surface area contributed by atoms with E-state index in [4.69, 9.17) is 18.9 Å². The molecule has 2 heterocycles. The average Bonchev–Trinajstić information content (AvgIpc) is 3.23. The normalized spacial score (nSPS) is 47.5. The van der Waals surface area contributed by atoms with E-state index in [2.05, 4.69) is 6.92 Å². The van der Waals surface area contributed by atoms with E-state index >= 15 is 0 Å². The van der Waals surface area contributed by atoms with Gasteiger partial charge in [-0.15, -0.1) is 0 Å². The minimum Gasteiger partial charge on any atom is -0.462 e. The zero-order chi connectivity index (χ0) is 23.7. The summed E-state index contributed by atoms with van der Waals surface area (Å²) in [6, 6.07) is 0. The predicted octanol–water partition coefficient (Wildman–Crippen LogP) is 2.68. The lowest BCUT2D eigenvalue weighted by molar-refractivity contribution is -0.294. The van der Waals surface area contributed by atoms with Gasteiger partial charge in [0, 0.05) is 37.5 Å². The fraction of sp³-hybridized carbons (Fsp3) is 0.875. The number of esters is 2. The summed E-state index contributed by atoms with van der Waals surface area (Å²) in [5.41, 5.74) is -4.25. The lowest BCUT2D eigenvalue weighted by Gasteiger charge is -2.66. The van der Waals surface area contributed by atoms with E-state index in [1.807, 2.05) is 13.8 Å². The minimum absolute atomic E-state index is 0.147. The minimum atomic E-state index is -1.45. The van der Waals surface area contributed by atoms with Gasteiger partial charge in [0.2, 0.25) is 0 Å². The van der Waals surface area contributed by atoms with E-state index in [-0.39, 0.29) is 36.8 Å². The van der Waals surface area contributed by atoms with Crippen molar-refractivity contribution in [2.24, 2.45) is 16.7 Å². The maximum Gasteiger partial charge on any atom is 0.303 e. The van der Waals surface area contributed by atoms with Crippen molar-refractivity contribution in [3.63, 3.8) is 0 Å². The summed E-state index contributed by atoms with van der Waals surface area (Å²) in [6.45, 7) is 10.9. The number of fused-ring (bicyclic) bond motifs is 2. The van der Waals surface area contributed by atoms with Crippen LogP contribution >= 0.6 is 0 Å². The molecule has 4 aliphatic rings. The molecule has 32 heavy (non-hydrogen) atoms. The first-order valence-corrected chi connectivity index (χ1v) is 11.6. The molecule has 4 rings (SSSR count). The molecule has 0 radical (unpaired) electrons. The molecule has 1 N–H and O–H groups in total. The summed E-state index contributed by atoms with van der Waals surface area (Å²) in [5.74, 6) is -1.18. The second-order valence-electron chi connectivity index (χ2n) is 11.3. The number of ether oxygens (including phenoxy) is 4. The molecule has 7 atom stereocenters. The van der Waals surface area contributed by atoms with Gasteiger partial charge < -0.3 is 24.1 Å². The highest BCUT2D eigenvalue weighted by Crippen LogP contribution is 2.69. The first kappa shape index (κ1) is 23.6. The highest BCUT2D eigenvalue weighted by Gasteiger charge is 2.77. The molecule has 8 heteroatoms. The van der Waals surface area contributed by atoms with E-state index in [1.165, 1.54) is 13.8 Å². The van der Waals surface area contributed by atoms with E-state index < -0.39 is 39.9 Å². The Morgan fingerprint density at radius 1 is 1.06 bits per heavy atom. The van der Waals surface area contributed by atoms with Gasteiger partial charge in [0.1, 0.15) is 11.7 Å². The van der Waals surface area contributed by atoms with Crippen LogP contribution in [0.5, 0.6) is 0 Å². The van der Waals surface area contributed by atoms with Crippen LogP contribution in [0.1, 0.15) is 80.1 Å². The van der Waals surface area contributed by atoms with Crippen LogP contribution in [0.4, 0.5) is 0 Å². The topological polar surface area (TPSA) is 108 Å². The number of rotatable bonds is 2. The van der Waals surface area contributed by atoms with Crippen molar-refractivity contribution in [1.82, 2.24) is 0 Å². The molecule has 2 aliphatic heterocycles. The zero-order valence-corrected chi connectivity index (χ0v) is 20.0. The van der Waals surface area contributed by atoms with Crippen LogP contribution in [0.3, 0.4) is 0 Å². The molecule has 2 saturated carbocycles. The number of aliphatic hydroxyl groups is 1. The summed E-state index contributed by atoms with van der Waals surface area (Å²) in [5, 5.41) is 10.1. The van der Waals surface area contributed by atoms with Gasteiger partial charge in [-0.3, -0.25) is 14.4 Å². The molecular formula is C24H36O8. The maximum atomic E-state index is 13.7. The first-order valence-electron chi connectivity index (χ1n) is 11.6. The second-order valence-corrected chi connectivity index (χ2v) is 11.3. The Morgan fingerprint density at radius 3 is 2.31 bits per heavy atom. The number of aliphatic hydroxyl groups excluding tert-OH is 1. The van der Waals surface area contributed by atoms with E-state index in [0.29, 0.717) is 32.1 Å². The fourth-order valence-corrected chi connectivity index (χ4v) is 7.53. The molecule has 0 aromatic heterocycles. The van der Waals surface area contributed by atoms with Crippen LogP contribution in [-0.4, -0.2) is 58.6 Å². The molecule has 0 unspecified atom stereocenters. The molecule has 0 aromatic carbocycles. The number of Topliss-reactive ketones (excluding diaryl/α,β-unsaturated/α-hetero) is 1. The smallest absolute Gasteiger partial charge is 0.303 e. The Morgan fingerprint density at radius 2 is 1.75 bits per heavy atom. The van der Waals surface area contributed by atoms with Crippen molar-refractivity contribution in [3.8, 4) is 0 Å². The van der Waals surface area contributed by atoms with Crippen LogP contribution in [0.15, 0.2) is 0 Å². The molecule has 2 saturated heterocycles. The zero-order valence-electron chi connectivity index (χ0n) is 20.0. The Hall–Kier alpha value is -1.51. The quantitative estimate of drug-likeness (QED) is 0.637. The number of hydrogen-bond donors (Lipinski definition) is 1. The Kier molecular flexibility index (Phi) is 5.35. The van der Waals surface area contributed by atoms with Crippen molar-refractivity contribution in [1.29, 1.82) is 0 Å². The van der Waals surface area contributed by atoms with Crippen LogP contribution in [-0.2, 0) is 33.3 Å². The van der Waals surface area contributed by atoms with Crippen molar-refractivity contribution in [2.45, 2.75) is 109 Å². The predicted molar refractivity (Wildman–Crippen MR) is 112 cm³/mol. The monoisotopic (exact) mass is 452 g/mol. The third kappa shape index (κ3) is 3.09. The van der Waals surface area contributed by atoms with Gasteiger partial charge in [0.05, 0.1) is 12.2 Å². The van der Waals surface area contributed by atoms with Crippen LogP contribution in [0.25, 0.3) is 0 Å². The third-order valence-corrected chi connectivity index (χ3v) is 9.10. The summed E-state index contributed by atoms with van der Waals surface area (Å²) >= 11 is 0. The highest BCUT2D eigenvalue weighted by atomic mass is 16.7. The lowest BCUT2D eigenvalue weighted by Crippen LogP contribution is -2.75. The lowest BCUT2D eigenvalue weighted by atomic mass is 9.42. The molecule has 0 amide bonds. The van der Waals surface area contributed by atoms with Gasteiger partial charge in [-0.05, 0) is 38.5 Å². The molecule has 4 fully saturated rings. The Labute approximate surface area is 189 Å². The molecule has 180 valence electrons. The highest BCUT2D eigenvalue weighted by molar-refractivity contribution is 5.92. The van der Waals surface area contributed by atoms with Crippen LogP contribution in [0.2, 0.25) is 0 Å². The Bertz CT molecular complexity index is 838. The van der Waals surface area contributed by atoms with Crippen molar-refractivity contribution >= 4 is 17.7 Å². The van der Waals surface area contributed by atoms with Gasteiger partial charge in [0.15, 0.2) is 17.7 Å². The molecule has 2 aliphatic carbocycles. The van der Waals surface area contributed by atoms with Gasteiger partial charge in [0.25, 0.3) is 0 Å². The molecule has 2 spiro atoms. The van der Waals surface area contributed by atoms with Gasteiger partial charge >= 0.3 is 11.9 Å². The number of carbonyl (C=O) groups is 3. The van der Waals surface area contributed by atoms with Gasteiger partial charge in [-0.1, -0.05) is 20.8 Å². The summed E-state index contributed by atoms with van der Waals surface area (Å²) < 4.78 is 23.8. The number of ketones is 1. The SMILES string of the molecule is CC(=O)O[C@@H]1CC[C@@]2(C)[C@@H](CC(=O)[C@](C)(OC(C)=O)[C@]23CC[C@]2(CO[C@H](O)C2)O3)C1(C)C. The molecular weight excluding hydrogens is 416 g/mol. The molecule has 0 aromatic rings. The van der Waals surface area contributed by atoms with Crippen LogP contribution < -0.4 is 0 Å². The number of hydrogen-bond acceptors (Lipinski definition) is 8. The largest absolute Gasteiger partial charge is 0.462 e. The maximum absolute atomic E-state index is 13.7. The Balaban J connectivity index is 1.83. The average molecular weight is 453 g/mol. The van der Waals surface area contributed by atoms with Gasteiger partial charge in [-0.25, -0.2) is 0 Å². The summed E-state index contributed by atoms with van der Waals surface area (Å²) in [4.78, 5) is 37.7. The van der Waals surface area contributed by atoms with Gasteiger partial charge in [-0.2, -0.15) is 0 Å². The standard InChI is InChI=1S/C24H36O8/c1-14(25)30-18-7-8-21(5)16(20(18,3)4)11-17(27)22(6,31-15(2)26)24(21)10-9-23(32-24)12-19(28)29-13-23/h16,18-19,28H,7-13H2,1-6H3/t16-,18+,19-,21-,22-,23-,24-/m0/s1. The van der Waals surface area contributed by atoms with E-state index in [0.717, 1.165) is 0 Å². The first-order chi connectivity index (χ1) is 14.7. The third-order valence-electron chi connectivity index (χ3n) is 9.10. The number of carbonyl (C=O) groups excluding carboxylic acids is 3. The summed E-state index contributed by atoms with van der Waals surface area (Å²) in [7, 11) is 0. The summed E-state index contributed by atoms with van der Waals surface area (Å²) in [6.07, 6.45) is 1.70. The molecule has 8 nitrogen and oxygen atoms in total. The second kappa shape index (κ2) is 7.24. The van der Waals surface area contributed by atoms with Crippen molar-refractivity contribution < 1.29 is 38.4 Å². The van der Waals surface area contributed by atoms with Crippen LogP contribution in [0, 0.1) is 16.7 Å².